The number of primary amides is 1. The van der Waals surface area contributed by atoms with Gasteiger partial charge in [-0.3, -0.25) is 9.59 Å². The molecular weight excluding hydrogens is 310 g/mol. The quantitative estimate of drug-likeness (QED) is 0.206. The van der Waals surface area contributed by atoms with Crippen molar-refractivity contribution in [3.05, 3.63) is 0 Å². The number of aliphatic carboxylic acids is 1. The second-order valence-electron chi connectivity index (χ2n) is 3.72. The van der Waals surface area contributed by atoms with Gasteiger partial charge in [-0.15, -0.1) is 0 Å². The van der Waals surface area contributed by atoms with E-state index in [1.807, 2.05) is 0 Å². The molecule has 13 N–H and O–H groups in total. The fraction of sp³-hybridized carbons (Fsp3) is 0.833. The Bertz CT molecular complexity index is 230. The van der Waals surface area contributed by atoms with Crippen molar-refractivity contribution in [1.82, 2.24) is 5.32 Å². The average molecular weight is 343 g/mol. The lowest BCUT2D eigenvalue weighted by molar-refractivity contribution is -0.139. The Kier molecular flexibility index (Phi) is 37.1. The van der Waals surface area contributed by atoms with Crippen molar-refractivity contribution in [3.63, 3.8) is 0 Å². The topological polar surface area (TPSA) is 231 Å². The molecule has 0 aromatic rings. The van der Waals surface area contributed by atoms with E-state index in [1.54, 1.807) is 0 Å². The van der Waals surface area contributed by atoms with E-state index >= 15 is 0 Å². The number of carboxylic acid groups (broad SMARTS) is 1. The molecule has 11 nitrogen and oxygen atoms in total. The third-order valence-electron chi connectivity index (χ3n) is 1.71. The van der Waals surface area contributed by atoms with Gasteiger partial charge in [-0.2, -0.15) is 0 Å². The van der Waals surface area contributed by atoms with E-state index < -0.39 is 17.9 Å². The highest BCUT2D eigenvalue weighted by molar-refractivity contribution is 5.77. The van der Waals surface area contributed by atoms with Crippen LogP contribution < -0.4 is 28.3 Å². The van der Waals surface area contributed by atoms with Crippen LogP contribution in [0.5, 0.6) is 0 Å². The zero-order chi connectivity index (χ0) is 19.1. The minimum atomic E-state index is -0.964. The molecule has 1 amide bonds. The molecule has 1 unspecified atom stereocenters. The van der Waals surface area contributed by atoms with Gasteiger partial charge < -0.3 is 48.7 Å². The number of rotatable bonds is 8. The van der Waals surface area contributed by atoms with E-state index in [4.69, 9.17) is 43.4 Å². The van der Waals surface area contributed by atoms with Gasteiger partial charge in [0.15, 0.2) is 0 Å². The van der Waals surface area contributed by atoms with Crippen LogP contribution in [0.3, 0.4) is 0 Å². The van der Waals surface area contributed by atoms with Crippen molar-refractivity contribution in [1.29, 1.82) is 0 Å². The maximum absolute atomic E-state index is 10.3. The summed E-state index contributed by atoms with van der Waals surface area (Å²) < 4.78 is 0. The molecule has 0 spiro atoms. The first kappa shape index (κ1) is 29.6. The predicted molar refractivity (Wildman–Crippen MR) is 87.3 cm³/mol. The van der Waals surface area contributed by atoms with Gasteiger partial charge in [0.2, 0.25) is 5.91 Å². The molecule has 0 fully saturated rings. The summed E-state index contributed by atoms with van der Waals surface area (Å²) in [7, 11) is 1.53. The van der Waals surface area contributed by atoms with Crippen molar-refractivity contribution in [3.8, 4) is 0 Å². The van der Waals surface area contributed by atoms with E-state index in [-0.39, 0.29) is 32.7 Å². The first-order valence-corrected chi connectivity index (χ1v) is 6.93. The van der Waals surface area contributed by atoms with Crippen LogP contribution in [0.15, 0.2) is 0 Å². The molecule has 0 saturated heterocycles. The van der Waals surface area contributed by atoms with E-state index in [0.29, 0.717) is 19.6 Å². The summed E-state index contributed by atoms with van der Waals surface area (Å²) in [5.74, 6) is -1.44. The summed E-state index contributed by atoms with van der Waals surface area (Å²) in [5.41, 5.74) is 19.2. The van der Waals surface area contributed by atoms with E-state index in [9.17, 15) is 9.59 Å². The fourth-order valence-corrected chi connectivity index (χ4v) is 0.678. The minimum absolute atomic E-state index is 0.0950. The molecule has 0 aliphatic rings. The molecule has 0 aromatic heterocycles. The van der Waals surface area contributed by atoms with Crippen LogP contribution in [0, 0.1) is 0 Å². The number of aliphatic hydroxyl groups is 3. The minimum Gasteiger partial charge on any atom is -0.480 e. The van der Waals surface area contributed by atoms with Crippen molar-refractivity contribution >= 4 is 11.9 Å². The monoisotopic (exact) mass is 343 g/mol. The van der Waals surface area contributed by atoms with Crippen LogP contribution in [0.4, 0.5) is 0 Å². The van der Waals surface area contributed by atoms with E-state index in [0.717, 1.165) is 0 Å². The van der Waals surface area contributed by atoms with Gasteiger partial charge in [0.05, 0.1) is 19.8 Å². The predicted octanol–water partition coefficient (Wildman–Crippen LogP) is -4.26. The first-order chi connectivity index (χ1) is 10.8. The van der Waals surface area contributed by atoms with Crippen LogP contribution in [0.2, 0.25) is 0 Å². The van der Waals surface area contributed by atoms with Gasteiger partial charge in [-0.05, 0) is 13.5 Å². The number of hydrogen-bond donors (Lipinski definition) is 9. The maximum atomic E-state index is 10.3. The Morgan fingerprint density at radius 3 is 1.39 bits per heavy atom. The number of nitrogens with two attached hydrogens (primary N) is 4. The van der Waals surface area contributed by atoms with Crippen molar-refractivity contribution in [2.24, 2.45) is 22.9 Å². The highest BCUT2D eigenvalue weighted by Crippen LogP contribution is 1.95. The van der Waals surface area contributed by atoms with Gasteiger partial charge in [-0.1, -0.05) is 0 Å². The number of nitrogens with one attached hydrogen (secondary N) is 1. The Morgan fingerprint density at radius 2 is 1.26 bits per heavy atom. The summed E-state index contributed by atoms with van der Waals surface area (Å²) in [6.07, 6.45) is 0.332. The van der Waals surface area contributed by atoms with Crippen LogP contribution >= 0.6 is 0 Å². The Balaban J connectivity index is -0.000000124. The standard InChI is InChI=1S/C6H12N2O3.3C2H7NO/c1-8-4(6(10)11)2-3-5(7)9;3*3-1-2-4/h4,8H,2-3H2,1H3,(H2,7,9)(H,10,11);3*4H,1-3H2. The molecule has 0 radical (unpaired) electrons. The number of aliphatic hydroxyl groups excluding tert-OH is 3. The van der Waals surface area contributed by atoms with Crippen molar-refractivity contribution in [2.45, 2.75) is 18.9 Å². The zero-order valence-electron chi connectivity index (χ0n) is 13.6. The number of carboxylic acids is 1. The summed E-state index contributed by atoms with van der Waals surface area (Å²) >= 11 is 0. The third kappa shape index (κ3) is 44.9. The molecule has 1 atom stereocenters. The molecule has 11 heteroatoms. The Morgan fingerprint density at radius 1 is 0.957 bits per heavy atom. The normalized spacial score (nSPS) is 9.87. The Labute approximate surface area is 136 Å². The lowest BCUT2D eigenvalue weighted by Gasteiger charge is -2.08. The number of hydrogen-bond acceptors (Lipinski definition) is 9. The molecule has 0 bridgehead atoms. The molecule has 0 aromatic carbocycles. The van der Waals surface area contributed by atoms with Crippen LogP contribution in [0.1, 0.15) is 12.8 Å². The molecule has 142 valence electrons. The average Bonchev–Trinajstić information content (AvgIpc) is 2.55. The van der Waals surface area contributed by atoms with Gasteiger partial charge in [0.25, 0.3) is 0 Å². The molecule has 0 saturated carbocycles. The number of amides is 1. The largest absolute Gasteiger partial charge is 0.480 e. The van der Waals surface area contributed by atoms with Gasteiger partial charge in [-0.25, -0.2) is 0 Å². The second-order valence-corrected chi connectivity index (χ2v) is 3.72. The zero-order valence-corrected chi connectivity index (χ0v) is 13.6. The smallest absolute Gasteiger partial charge is 0.320 e. The van der Waals surface area contributed by atoms with Crippen LogP contribution in [-0.2, 0) is 9.59 Å². The lowest BCUT2D eigenvalue weighted by atomic mass is 10.1. The third-order valence-corrected chi connectivity index (χ3v) is 1.71. The number of carbonyl (C=O) groups is 2. The lowest BCUT2D eigenvalue weighted by Crippen LogP contribution is -2.34. The van der Waals surface area contributed by atoms with E-state index in [2.05, 4.69) is 5.32 Å². The summed E-state index contributed by atoms with van der Waals surface area (Å²) in [6.45, 7) is 1.42. The highest BCUT2D eigenvalue weighted by atomic mass is 16.4. The highest BCUT2D eigenvalue weighted by Gasteiger charge is 2.14. The van der Waals surface area contributed by atoms with Gasteiger partial charge in [0.1, 0.15) is 6.04 Å². The van der Waals surface area contributed by atoms with Crippen LogP contribution in [-0.4, -0.2) is 84.8 Å². The molecule has 0 rings (SSSR count). The number of likely N-dealkylation sites (N-methyl/N-ethyl adjacent to an activating group) is 1. The van der Waals surface area contributed by atoms with Crippen molar-refractivity contribution < 1.29 is 30.0 Å². The Hall–Kier alpha value is -1.34. The SMILES string of the molecule is CNC(CCC(N)=O)C(=O)O.NCCO.NCCO.NCCO. The molecule has 0 aliphatic heterocycles. The molecule has 0 aliphatic carbocycles. The summed E-state index contributed by atoms with van der Waals surface area (Å²) in [4.78, 5) is 20.6. The fourth-order valence-electron chi connectivity index (χ4n) is 0.678. The maximum Gasteiger partial charge on any atom is 0.320 e. The van der Waals surface area contributed by atoms with Gasteiger partial charge in [0, 0.05) is 26.1 Å². The van der Waals surface area contributed by atoms with Crippen LogP contribution in [0.25, 0.3) is 0 Å². The second kappa shape index (κ2) is 28.8. The molecular formula is C12H33N5O6. The first-order valence-electron chi connectivity index (χ1n) is 6.93. The summed E-state index contributed by atoms with van der Waals surface area (Å²) in [6, 6.07) is -0.678. The van der Waals surface area contributed by atoms with Crippen molar-refractivity contribution in [2.75, 3.05) is 46.5 Å². The molecule has 23 heavy (non-hydrogen) atoms. The summed E-state index contributed by atoms with van der Waals surface area (Å²) in [5, 5.41) is 34.3. The van der Waals surface area contributed by atoms with E-state index in [1.165, 1.54) is 7.05 Å². The van der Waals surface area contributed by atoms with Gasteiger partial charge >= 0.3 is 5.97 Å². The number of carbonyl (C=O) groups excluding carboxylic acids is 1. The molecule has 0 heterocycles.